The molecule has 3 rings (SSSR count). The number of benzene rings is 1. The molecule has 2 unspecified atom stereocenters. The van der Waals surface area contributed by atoms with Gasteiger partial charge in [-0.25, -0.2) is 0 Å². The highest BCUT2D eigenvalue weighted by Crippen LogP contribution is 2.33. The predicted molar refractivity (Wildman–Crippen MR) is 73.9 cm³/mol. The Morgan fingerprint density at radius 2 is 2.28 bits per heavy atom. The lowest BCUT2D eigenvalue weighted by Crippen LogP contribution is -2.48. The number of rotatable bonds is 2. The van der Waals surface area contributed by atoms with Gasteiger partial charge in [0.2, 0.25) is 0 Å². The first-order valence-corrected chi connectivity index (χ1v) is 6.85. The van der Waals surface area contributed by atoms with Crippen molar-refractivity contribution in [3.63, 3.8) is 0 Å². The van der Waals surface area contributed by atoms with Crippen LogP contribution in [0, 0.1) is 5.41 Å². The lowest BCUT2D eigenvalue weighted by Gasteiger charge is -2.38. The smallest absolute Gasteiger partial charge is 0.0624 e. The summed E-state index contributed by atoms with van der Waals surface area (Å²) >= 11 is 0. The minimum absolute atomic E-state index is 0.0877. The van der Waals surface area contributed by atoms with Gasteiger partial charge < -0.3 is 15.4 Å². The van der Waals surface area contributed by atoms with Crippen LogP contribution in [0.4, 0.5) is 5.69 Å². The van der Waals surface area contributed by atoms with Gasteiger partial charge in [-0.2, -0.15) is 0 Å². The molecular formula is C15H22N2O. The van der Waals surface area contributed by atoms with Gasteiger partial charge in [-0.15, -0.1) is 0 Å². The first-order chi connectivity index (χ1) is 8.69. The van der Waals surface area contributed by atoms with Crippen molar-refractivity contribution in [3.05, 3.63) is 29.8 Å². The normalized spacial score (nSPS) is 31.4. The fourth-order valence-electron chi connectivity index (χ4n) is 3.10. The van der Waals surface area contributed by atoms with E-state index >= 15 is 0 Å². The number of anilines is 1. The van der Waals surface area contributed by atoms with Crippen LogP contribution in [-0.4, -0.2) is 32.3 Å². The summed E-state index contributed by atoms with van der Waals surface area (Å²) < 4.78 is 5.55. The Morgan fingerprint density at radius 3 is 3.06 bits per heavy atom. The minimum atomic E-state index is 0.0877. The number of hydrogen-bond acceptors (Lipinski definition) is 3. The summed E-state index contributed by atoms with van der Waals surface area (Å²) in [6.45, 7) is 5.88. The maximum atomic E-state index is 6.20. The van der Waals surface area contributed by atoms with E-state index in [9.17, 15) is 0 Å². The van der Waals surface area contributed by atoms with Crippen molar-refractivity contribution in [2.24, 2.45) is 11.1 Å². The highest BCUT2D eigenvalue weighted by Gasteiger charge is 2.39. The summed E-state index contributed by atoms with van der Waals surface area (Å²) in [4.78, 5) is 2.49. The van der Waals surface area contributed by atoms with E-state index in [2.05, 4.69) is 36.1 Å². The van der Waals surface area contributed by atoms with Crippen LogP contribution in [0.1, 0.15) is 18.9 Å². The maximum Gasteiger partial charge on any atom is 0.0624 e. The van der Waals surface area contributed by atoms with Gasteiger partial charge in [0, 0.05) is 30.2 Å². The maximum absolute atomic E-state index is 6.20. The number of fused-ring (bicyclic) bond motifs is 1. The Labute approximate surface area is 109 Å². The Hall–Kier alpha value is -1.06. The van der Waals surface area contributed by atoms with Crippen LogP contribution in [0.2, 0.25) is 0 Å². The van der Waals surface area contributed by atoms with Gasteiger partial charge in [0.25, 0.3) is 0 Å². The number of hydrogen-bond donors (Lipinski definition) is 1. The Morgan fingerprint density at radius 1 is 1.44 bits per heavy atom. The first kappa shape index (κ1) is 12.0. The van der Waals surface area contributed by atoms with E-state index in [1.165, 1.54) is 24.1 Å². The number of nitrogens with two attached hydrogens (primary N) is 1. The molecule has 0 saturated carbocycles. The largest absolute Gasteiger partial charge is 0.379 e. The number of ether oxygens (including phenoxy) is 1. The lowest BCUT2D eigenvalue weighted by molar-refractivity contribution is 0.161. The molecule has 0 spiro atoms. The van der Waals surface area contributed by atoms with Crippen LogP contribution in [0.3, 0.4) is 0 Å². The molecule has 98 valence electrons. The zero-order chi connectivity index (χ0) is 12.6. The standard InChI is InChI=1S/C15H22N2O/c1-15(11-18-9-14(15)16)10-17-8-4-6-12-5-2-3-7-13(12)17/h2-3,5,7,14H,4,6,8-11,16H2,1H3. The zero-order valence-corrected chi connectivity index (χ0v) is 11.1. The van der Waals surface area contributed by atoms with Crippen LogP contribution >= 0.6 is 0 Å². The van der Waals surface area contributed by atoms with Gasteiger partial charge in [-0.1, -0.05) is 25.1 Å². The molecule has 1 fully saturated rings. The lowest BCUT2D eigenvalue weighted by atomic mass is 9.84. The van der Waals surface area contributed by atoms with Crippen LogP contribution in [0.5, 0.6) is 0 Å². The molecule has 1 saturated heterocycles. The van der Waals surface area contributed by atoms with Crippen molar-refractivity contribution in [2.75, 3.05) is 31.2 Å². The molecule has 2 N–H and O–H groups in total. The van der Waals surface area contributed by atoms with Gasteiger partial charge in [0.15, 0.2) is 0 Å². The van der Waals surface area contributed by atoms with Crippen molar-refractivity contribution >= 4 is 5.69 Å². The summed E-state index contributed by atoms with van der Waals surface area (Å²) in [5.41, 5.74) is 9.15. The summed E-state index contributed by atoms with van der Waals surface area (Å²) in [5.74, 6) is 0. The fourth-order valence-corrected chi connectivity index (χ4v) is 3.10. The molecule has 1 aromatic rings. The van der Waals surface area contributed by atoms with Crippen LogP contribution in [-0.2, 0) is 11.2 Å². The van der Waals surface area contributed by atoms with Crippen molar-refractivity contribution in [1.82, 2.24) is 0 Å². The first-order valence-electron chi connectivity index (χ1n) is 6.85. The van der Waals surface area contributed by atoms with Crippen LogP contribution in [0.25, 0.3) is 0 Å². The molecule has 2 aliphatic rings. The molecule has 2 heterocycles. The second kappa shape index (κ2) is 4.56. The molecule has 0 radical (unpaired) electrons. The van der Waals surface area contributed by atoms with E-state index in [-0.39, 0.29) is 11.5 Å². The molecular weight excluding hydrogens is 224 g/mol. The molecule has 2 aliphatic heterocycles. The third-order valence-corrected chi connectivity index (χ3v) is 4.38. The highest BCUT2D eigenvalue weighted by atomic mass is 16.5. The molecule has 0 bridgehead atoms. The monoisotopic (exact) mass is 246 g/mol. The van der Waals surface area contributed by atoms with Crippen molar-refractivity contribution < 1.29 is 4.74 Å². The zero-order valence-electron chi connectivity index (χ0n) is 11.1. The van der Waals surface area contributed by atoms with Crippen LogP contribution in [0.15, 0.2) is 24.3 Å². The average molecular weight is 246 g/mol. The van der Waals surface area contributed by atoms with Crippen molar-refractivity contribution in [3.8, 4) is 0 Å². The van der Waals surface area contributed by atoms with Gasteiger partial charge in [-0.05, 0) is 24.5 Å². The molecule has 2 atom stereocenters. The molecule has 0 amide bonds. The Bertz CT molecular complexity index is 434. The predicted octanol–water partition coefficient (Wildman–Crippen LogP) is 1.80. The third kappa shape index (κ3) is 2.02. The number of nitrogens with zero attached hydrogens (tertiary/aromatic N) is 1. The van der Waals surface area contributed by atoms with E-state index in [1.54, 1.807) is 0 Å². The highest BCUT2D eigenvalue weighted by molar-refractivity contribution is 5.55. The SMILES string of the molecule is CC1(CN2CCCc3ccccc32)COCC1N. The molecule has 3 nitrogen and oxygen atoms in total. The Kier molecular flexibility index (Phi) is 3.04. The second-order valence-electron chi connectivity index (χ2n) is 5.93. The van der Waals surface area contributed by atoms with Gasteiger partial charge in [0.05, 0.1) is 13.2 Å². The summed E-state index contributed by atoms with van der Waals surface area (Å²) in [6.07, 6.45) is 2.44. The molecule has 1 aromatic carbocycles. The summed E-state index contributed by atoms with van der Waals surface area (Å²) in [5, 5.41) is 0. The molecule has 0 aromatic heterocycles. The van der Waals surface area contributed by atoms with E-state index in [1.807, 2.05) is 0 Å². The molecule has 3 heteroatoms. The second-order valence-corrected chi connectivity index (χ2v) is 5.93. The van der Waals surface area contributed by atoms with E-state index in [4.69, 9.17) is 10.5 Å². The van der Waals surface area contributed by atoms with Crippen molar-refractivity contribution in [2.45, 2.75) is 25.8 Å². The summed E-state index contributed by atoms with van der Waals surface area (Å²) in [7, 11) is 0. The van der Waals surface area contributed by atoms with Crippen molar-refractivity contribution in [1.29, 1.82) is 0 Å². The van der Waals surface area contributed by atoms with E-state index in [0.717, 1.165) is 19.7 Å². The van der Waals surface area contributed by atoms with E-state index < -0.39 is 0 Å². The third-order valence-electron chi connectivity index (χ3n) is 4.38. The number of para-hydroxylation sites is 1. The van der Waals surface area contributed by atoms with E-state index in [0.29, 0.717) is 6.61 Å². The van der Waals surface area contributed by atoms with Gasteiger partial charge in [-0.3, -0.25) is 0 Å². The van der Waals surface area contributed by atoms with Crippen LogP contribution < -0.4 is 10.6 Å². The minimum Gasteiger partial charge on any atom is -0.379 e. The fraction of sp³-hybridized carbons (Fsp3) is 0.600. The van der Waals surface area contributed by atoms with Gasteiger partial charge in [0.1, 0.15) is 0 Å². The quantitative estimate of drug-likeness (QED) is 0.865. The topological polar surface area (TPSA) is 38.5 Å². The Balaban J connectivity index is 1.82. The van der Waals surface area contributed by atoms with Gasteiger partial charge >= 0.3 is 0 Å². The number of aryl methyl sites for hydroxylation is 1. The molecule has 0 aliphatic carbocycles. The summed E-state index contributed by atoms with van der Waals surface area (Å²) in [6, 6.07) is 8.90. The molecule has 18 heavy (non-hydrogen) atoms. The average Bonchev–Trinajstić information content (AvgIpc) is 2.70.